The number of rotatable bonds is 1. The minimum Gasteiger partial charge on any atom is -0.390 e. The topological polar surface area (TPSA) is 80.9 Å². The summed E-state index contributed by atoms with van der Waals surface area (Å²) >= 11 is 0. The van der Waals surface area contributed by atoms with Gasteiger partial charge in [0.1, 0.15) is 11.2 Å². The summed E-state index contributed by atoms with van der Waals surface area (Å²) in [6.07, 6.45) is 3.26. The molecular formula is C12H22O4. The van der Waals surface area contributed by atoms with Crippen molar-refractivity contribution in [1.29, 1.82) is 0 Å². The second kappa shape index (κ2) is 4.26. The molecule has 16 heavy (non-hydrogen) atoms. The standard InChI is InChI=1S/C12H22O4/c13-9-5-1-3-7-11(9,15)12(16)8-4-2-6-10(12)14/h9-10,13-16H,1-8H2. The Morgan fingerprint density at radius 2 is 1.06 bits per heavy atom. The van der Waals surface area contributed by atoms with Gasteiger partial charge >= 0.3 is 0 Å². The first-order chi connectivity index (χ1) is 7.51. The van der Waals surface area contributed by atoms with Crippen LogP contribution in [0, 0.1) is 0 Å². The molecule has 2 aliphatic carbocycles. The maximum Gasteiger partial charge on any atom is 0.122 e. The van der Waals surface area contributed by atoms with Gasteiger partial charge in [0.2, 0.25) is 0 Å². The van der Waals surface area contributed by atoms with Crippen LogP contribution < -0.4 is 0 Å². The Morgan fingerprint density at radius 1 is 0.688 bits per heavy atom. The SMILES string of the molecule is OC1CCCCC1(O)C1(O)CCCCC1O. The molecule has 4 heteroatoms. The third kappa shape index (κ3) is 1.68. The van der Waals surface area contributed by atoms with Crippen LogP contribution in [0.3, 0.4) is 0 Å². The zero-order valence-corrected chi connectivity index (χ0v) is 9.60. The highest BCUT2D eigenvalue weighted by Gasteiger charge is 2.58. The first kappa shape index (κ1) is 12.3. The Balaban J connectivity index is 2.25. The lowest BCUT2D eigenvalue weighted by atomic mass is 9.64. The van der Waals surface area contributed by atoms with Crippen molar-refractivity contribution in [3.63, 3.8) is 0 Å². The van der Waals surface area contributed by atoms with Gasteiger partial charge in [0.05, 0.1) is 12.2 Å². The fourth-order valence-corrected chi connectivity index (χ4v) is 3.29. The number of aliphatic hydroxyl groups excluding tert-OH is 2. The van der Waals surface area contributed by atoms with Crippen molar-refractivity contribution < 1.29 is 20.4 Å². The molecule has 2 fully saturated rings. The Morgan fingerprint density at radius 3 is 1.38 bits per heavy atom. The van der Waals surface area contributed by atoms with E-state index in [1.54, 1.807) is 0 Å². The highest BCUT2D eigenvalue weighted by Crippen LogP contribution is 2.44. The van der Waals surface area contributed by atoms with Crippen LogP contribution >= 0.6 is 0 Å². The van der Waals surface area contributed by atoms with Crippen molar-refractivity contribution in [2.24, 2.45) is 0 Å². The molecule has 2 saturated carbocycles. The van der Waals surface area contributed by atoms with Gasteiger partial charge in [-0.15, -0.1) is 0 Å². The van der Waals surface area contributed by atoms with Crippen LogP contribution in [0.25, 0.3) is 0 Å². The van der Waals surface area contributed by atoms with Crippen LogP contribution in [0.4, 0.5) is 0 Å². The Labute approximate surface area is 95.9 Å². The summed E-state index contributed by atoms with van der Waals surface area (Å²) in [5.74, 6) is 0. The first-order valence-corrected chi connectivity index (χ1v) is 6.31. The van der Waals surface area contributed by atoms with Gasteiger partial charge in [-0.05, 0) is 25.7 Å². The zero-order valence-electron chi connectivity index (χ0n) is 9.60. The molecule has 0 aromatic heterocycles. The molecule has 4 N–H and O–H groups in total. The highest BCUT2D eigenvalue weighted by molar-refractivity contribution is 5.10. The van der Waals surface area contributed by atoms with Gasteiger partial charge in [0, 0.05) is 0 Å². The molecule has 0 aliphatic heterocycles. The van der Waals surface area contributed by atoms with Gasteiger partial charge in [-0.1, -0.05) is 25.7 Å². The molecule has 0 heterocycles. The fraction of sp³-hybridized carbons (Fsp3) is 1.00. The van der Waals surface area contributed by atoms with Gasteiger partial charge in [-0.2, -0.15) is 0 Å². The molecule has 4 nitrogen and oxygen atoms in total. The van der Waals surface area contributed by atoms with Crippen LogP contribution in [0.2, 0.25) is 0 Å². The minimum absolute atomic E-state index is 0.377. The smallest absolute Gasteiger partial charge is 0.122 e. The van der Waals surface area contributed by atoms with E-state index in [0.29, 0.717) is 25.7 Å². The van der Waals surface area contributed by atoms with Crippen LogP contribution in [0.1, 0.15) is 51.4 Å². The maximum absolute atomic E-state index is 10.5. The van der Waals surface area contributed by atoms with Gasteiger partial charge in [-0.25, -0.2) is 0 Å². The third-order valence-electron chi connectivity index (χ3n) is 4.42. The summed E-state index contributed by atoms with van der Waals surface area (Å²) in [5.41, 5.74) is -3.05. The molecule has 0 saturated heterocycles. The van der Waals surface area contributed by atoms with Gasteiger partial charge < -0.3 is 20.4 Å². The molecule has 4 atom stereocenters. The van der Waals surface area contributed by atoms with Crippen molar-refractivity contribution in [2.75, 3.05) is 0 Å². The lowest BCUT2D eigenvalue weighted by Gasteiger charge is -2.52. The number of aliphatic hydroxyl groups is 4. The average molecular weight is 230 g/mol. The van der Waals surface area contributed by atoms with Crippen molar-refractivity contribution in [2.45, 2.75) is 74.8 Å². The summed E-state index contributed by atoms with van der Waals surface area (Å²) < 4.78 is 0. The molecule has 0 bridgehead atoms. The van der Waals surface area contributed by atoms with Crippen LogP contribution in [-0.2, 0) is 0 Å². The van der Waals surface area contributed by atoms with Crippen molar-refractivity contribution >= 4 is 0 Å². The fourth-order valence-electron chi connectivity index (χ4n) is 3.29. The van der Waals surface area contributed by atoms with Gasteiger partial charge in [-0.3, -0.25) is 0 Å². The lowest BCUT2D eigenvalue weighted by Crippen LogP contribution is -2.68. The van der Waals surface area contributed by atoms with Crippen LogP contribution in [0.15, 0.2) is 0 Å². The summed E-state index contributed by atoms with van der Waals surface area (Å²) in [7, 11) is 0. The zero-order chi connectivity index (χ0) is 11.8. The van der Waals surface area contributed by atoms with E-state index in [9.17, 15) is 20.4 Å². The monoisotopic (exact) mass is 230 g/mol. The van der Waals surface area contributed by atoms with E-state index < -0.39 is 23.4 Å². The summed E-state index contributed by atoms with van der Waals surface area (Å²) in [5, 5.41) is 41.0. The maximum atomic E-state index is 10.5. The molecule has 94 valence electrons. The molecule has 2 rings (SSSR count). The van der Waals surface area contributed by atoms with Crippen LogP contribution in [-0.4, -0.2) is 43.8 Å². The van der Waals surface area contributed by atoms with E-state index in [2.05, 4.69) is 0 Å². The number of hydrogen-bond acceptors (Lipinski definition) is 4. The molecule has 0 aromatic rings. The second-order valence-electron chi connectivity index (χ2n) is 5.37. The van der Waals surface area contributed by atoms with E-state index in [1.165, 1.54) is 0 Å². The predicted octanol–water partition coefficient (Wildman–Crippen LogP) is 0.318. The molecule has 2 aliphatic rings. The van der Waals surface area contributed by atoms with E-state index in [4.69, 9.17) is 0 Å². The second-order valence-corrected chi connectivity index (χ2v) is 5.37. The first-order valence-electron chi connectivity index (χ1n) is 6.31. The number of hydrogen-bond donors (Lipinski definition) is 4. The Hall–Kier alpha value is -0.160. The summed E-state index contributed by atoms with van der Waals surface area (Å²) in [6.45, 7) is 0. The predicted molar refractivity (Wildman–Crippen MR) is 58.8 cm³/mol. The minimum atomic E-state index is -1.52. The van der Waals surface area contributed by atoms with E-state index >= 15 is 0 Å². The Kier molecular flexibility index (Phi) is 3.27. The summed E-state index contributed by atoms with van der Waals surface area (Å²) in [4.78, 5) is 0. The third-order valence-corrected chi connectivity index (χ3v) is 4.42. The Bertz CT molecular complexity index is 231. The molecule has 0 spiro atoms. The lowest BCUT2D eigenvalue weighted by molar-refractivity contribution is -0.260. The molecule has 0 aromatic carbocycles. The van der Waals surface area contributed by atoms with Gasteiger partial charge in [0.25, 0.3) is 0 Å². The quantitative estimate of drug-likeness (QED) is 0.523. The van der Waals surface area contributed by atoms with Crippen LogP contribution in [0.5, 0.6) is 0 Å². The van der Waals surface area contributed by atoms with Crippen molar-refractivity contribution in [3.8, 4) is 0 Å². The van der Waals surface area contributed by atoms with E-state index in [0.717, 1.165) is 25.7 Å². The highest BCUT2D eigenvalue weighted by atomic mass is 16.4. The van der Waals surface area contributed by atoms with E-state index in [-0.39, 0.29) is 0 Å². The summed E-state index contributed by atoms with van der Waals surface area (Å²) in [6, 6.07) is 0. The average Bonchev–Trinajstić information content (AvgIpc) is 2.27. The molecular weight excluding hydrogens is 208 g/mol. The van der Waals surface area contributed by atoms with E-state index in [1.807, 2.05) is 0 Å². The molecule has 0 radical (unpaired) electrons. The van der Waals surface area contributed by atoms with Crippen molar-refractivity contribution in [1.82, 2.24) is 0 Å². The van der Waals surface area contributed by atoms with Gasteiger partial charge in [0.15, 0.2) is 0 Å². The molecule has 0 amide bonds. The normalized spacial score (nSPS) is 50.2. The van der Waals surface area contributed by atoms with Crippen molar-refractivity contribution in [3.05, 3.63) is 0 Å². The largest absolute Gasteiger partial charge is 0.390 e. The molecule has 4 unspecified atom stereocenters.